The van der Waals surface area contributed by atoms with Gasteiger partial charge in [0.2, 0.25) is 0 Å². The third-order valence-electron chi connectivity index (χ3n) is 2.74. The zero-order valence-electron chi connectivity index (χ0n) is 11.5. The molecule has 20 heavy (non-hydrogen) atoms. The molecule has 0 amide bonds. The van der Waals surface area contributed by atoms with Crippen molar-refractivity contribution in [1.29, 1.82) is 0 Å². The molecule has 2 N–H and O–H groups in total. The Labute approximate surface area is 122 Å². The maximum Gasteiger partial charge on any atom is 0.263 e. The Balaban J connectivity index is 2.19. The number of thiophene rings is 1. The van der Waals surface area contributed by atoms with Gasteiger partial charge < -0.3 is 5.32 Å². The molecule has 6 nitrogen and oxygen atoms in total. The maximum atomic E-state index is 12.4. The summed E-state index contributed by atoms with van der Waals surface area (Å²) >= 11 is 1.43. The summed E-state index contributed by atoms with van der Waals surface area (Å²) in [6.07, 6.45) is 3.19. The van der Waals surface area contributed by atoms with Crippen molar-refractivity contribution in [1.82, 2.24) is 15.1 Å². The van der Waals surface area contributed by atoms with Crippen molar-refractivity contribution in [3.8, 4) is 0 Å². The lowest BCUT2D eigenvalue weighted by molar-refractivity contribution is 0.599. The number of nitrogens with one attached hydrogen (secondary N) is 2. The molecule has 2 aromatic heterocycles. The minimum absolute atomic E-state index is 0.327. The Hall–Kier alpha value is -1.38. The van der Waals surface area contributed by atoms with Crippen molar-refractivity contribution in [2.75, 3.05) is 11.3 Å². The molecular formula is C12H18N4O2S2. The van der Waals surface area contributed by atoms with Gasteiger partial charge in [0.05, 0.1) is 11.9 Å². The van der Waals surface area contributed by atoms with Crippen LogP contribution < -0.4 is 10.0 Å². The van der Waals surface area contributed by atoms with Crippen molar-refractivity contribution in [2.45, 2.75) is 31.8 Å². The number of aromatic nitrogens is 2. The lowest BCUT2D eigenvalue weighted by Crippen LogP contribution is -2.17. The maximum absolute atomic E-state index is 12.4. The monoisotopic (exact) mass is 314 g/mol. The Morgan fingerprint density at radius 1 is 1.40 bits per heavy atom. The number of anilines is 1. The minimum atomic E-state index is -3.56. The van der Waals surface area contributed by atoms with Crippen molar-refractivity contribution < 1.29 is 8.42 Å². The average molecular weight is 314 g/mol. The van der Waals surface area contributed by atoms with E-state index in [-0.39, 0.29) is 0 Å². The molecule has 0 radical (unpaired) electrons. The van der Waals surface area contributed by atoms with Crippen LogP contribution in [0, 0.1) is 0 Å². The summed E-state index contributed by atoms with van der Waals surface area (Å²) in [4.78, 5) is 1.13. The van der Waals surface area contributed by atoms with Crippen LogP contribution >= 0.6 is 11.3 Å². The molecule has 110 valence electrons. The minimum Gasteiger partial charge on any atom is -0.312 e. The zero-order chi connectivity index (χ0) is 14.6. The van der Waals surface area contributed by atoms with E-state index in [1.165, 1.54) is 17.5 Å². The van der Waals surface area contributed by atoms with E-state index in [1.54, 1.807) is 22.3 Å². The van der Waals surface area contributed by atoms with Gasteiger partial charge in [-0.25, -0.2) is 8.42 Å². The molecular weight excluding hydrogens is 296 g/mol. The second-order valence-electron chi connectivity index (χ2n) is 4.18. The first-order valence-corrected chi connectivity index (χ1v) is 8.75. The van der Waals surface area contributed by atoms with Crippen molar-refractivity contribution in [3.05, 3.63) is 28.7 Å². The predicted molar refractivity (Wildman–Crippen MR) is 80.4 cm³/mol. The number of hydrogen-bond acceptors (Lipinski definition) is 5. The third kappa shape index (κ3) is 3.38. The molecule has 0 aliphatic rings. The fourth-order valence-corrected chi connectivity index (χ4v) is 4.18. The van der Waals surface area contributed by atoms with Crippen LogP contribution in [0.15, 0.2) is 28.7 Å². The van der Waals surface area contributed by atoms with Crippen LogP contribution in [-0.4, -0.2) is 24.7 Å². The molecule has 0 aliphatic heterocycles. The number of aryl methyl sites for hydroxylation is 1. The predicted octanol–water partition coefficient (Wildman–Crippen LogP) is 1.87. The highest BCUT2D eigenvalue weighted by molar-refractivity contribution is 7.93. The highest BCUT2D eigenvalue weighted by Gasteiger charge is 2.20. The Morgan fingerprint density at radius 2 is 2.20 bits per heavy atom. The molecule has 0 fully saturated rings. The molecule has 0 unspecified atom stereocenters. The average Bonchev–Trinajstić information content (AvgIpc) is 3.04. The van der Waals surface area contributed by atoms with Gasteiger partial charge in [0.15, 0.2) is 0 Å². The van der Waals surface area contributed by atoms with Crippen molar-refractivity contribution >= 4 is 27.0 Å². The summed E-state index contributed by atoms with van der Waals surface area (Å²) in [6.45, 7) is 5.98. The smallest absolute Gasteiger partial charge is 0.263 e. The number of sulfonamides is 1. The highest BCUT2D eigenvalue weighted by Crippen LogP contribution is 2.24. The zero-order valence-corrected chi connectivity index (χ0v) is 13.1. The van der Waals surface area contributed by atoms with Gasteiger partial charge in [-0.3, -0.25) is 9.40 Å². The molecule has 8 heteroatoms. The second-order valence-corrected chi connectivity index (χ2v) is 6.83. The van der Waals surface area contributed by atoms with Crippen LogP contribution in [0.4, 0.5) is 5.69 Å². The number of nitrogens with zero attached hydrogens (tertiary/aromatic N) is 2. The topological polar surface area (TPSA) is 76.0 Å². The molecule has 0 aliphatic carbocycles. The van der Waals surface area contributed by atoms with Gasteiger partial charge in [0.1, 0.15) is 4.90 Å². The van der Waals surface area contributed by atoms with Crippen LogP contribution in [0.2, 0.25) is 0 Å². The van der Waals surface area contributed by atoms with Crippen LogP contribution in [0.3, 0.4) is 0 Å². The summed E-state index contributed by atoms with van der Waals surface area (Å²) in [5.41, 5.74) is 0.479. The van der Waals surface area contributed by atoms with Gasteiger partial charge in [-0.2, -0.15) is 5.10 Å². The first-order chi connectivity index (χ1) is 9.56. The van der Waals surface area contributed by atoms with E-state index in [0.717, 1.165) is 11.4 Å². The first kappa shape index (κ1) is 15.0. The summed E-state index contributed by atoms with van der Waals surface area (Å²) in [5, 5.41) is 8.98. The summed E-state index contributed by atoms with van der Waals surface area (Å²) in [7, 11) is -3.56. The molecule has 0 atom stereocenters. The summed E-state index contributed by atoms with van der Waals surface area (Å²) in [6, 6.07) is 1.63. The Kier molecular flexibility index (Phi) is 4.79. The third-order valence-corrected chi connectivity index (χ3v) is 5.26. The van der Waals surface area contributed by atoms with E-state index < -0.39 is 10.0 Å². The number of rotatable bonds is 7. The fraction of sp³-hybridized carbons (Fsp3) is 0.417. The van der Waals surface area contributed by atoms with Gasteiger partial charge in [-0.15, -0.1) is 11.3 Å². The van der Waals surface area contributed by atoms with Gasteiger partial charge in [-0.05, 0) is 24.9 Å². The molecule has 0 spiro atoms. The Bertz CT molecular complexity index is 661. The van der Waals surface area contributed by atoms with E-state index in [2.05, 4.69) is 15.1 Å². The molecule has 2 rings (SSSR count). The van der Waals surface area contributed by atoms with E-state index in [9.17, 15) is 8.42 Å². The number of hydrogen-bond donors (Lipinski definition) is 2. The van der Waals surface area contributed by atoms with Crippen LogP contribution in [0.5, 0.6) is 0 Å². The van der Waals surface area contributed by atoms with Crippen LogP contribution in [0.25, 0.3) is 0 Å². The molecule has 0 saturated heterocycles. The standard InChI is InChI=1S/C12H18N4O2S2/c1-3-13-8-11-12(5-6-19-11)20(17,18)15-10-7-14-16(4-2)9-10/h5-7,9,13,15H,3-4,8H2,1-2H3. The van der Waals surface area contributed by atoms with Gasteiger partial charge in [0.25, 0.3) is 10.0 Å². The summed E-state index contributed by atoms with van der Waals surface area (Å²) < 4.78 is 29.0. The Morgan fingerprint density at radius 3 is 2.85 bits per heavy atom. The van der Waals surface area contributed by atoms with E-state index in [0.29, 0.717) is 23.7 Å². The quantitative estimate of drug-likeness (QED) is 0.818. The van der Waals surface area contributed by atoms with E-state index >= 15 is 0 Å². The van der Waals surface area contributed by atoms with Crippen molar-refractivity contribution in [3.63, 3.8) is 0 Å². The van der Waals surface area contributed by atoms with Crippen LogP contribution in [-0.2, 0) is 23.1 Å². The van der Waals surface area contributed by atoms with Gasteiger partial charge in [-0.1, -0.05) is 6.92 Å². The van der Waals surface area contributed by atoms with Gasteiger partial charge >= 0.3 is 0 Å². The van der Waals surface area contributed by atoms with E-state index in [4.69, 9.17) is 0 Å². The fourth-order valence-electron chi connectivity index (χ4n) is 1.74. The molecule has 0 bridgehead atoms. The SMILES string of the molecule is CCNCc1sccc1S(=O)(=O)Nc1cnn(CC)c1. The normalized spacial score (nSPS) is 11.7. The lowest BCUT2D eigenvalue weighted by atomic mass is 10.4. The van der Waals surface area contributed by atoms with Crippen LogP contribution in [0.1, 0.15) is 18.7 Å². The van der Waals surface area contributed by atoms with Gasteiger partial charge in [0, 0.05) is 24.2 Å². The second kappa shape index (κ2) is 6.38. The lowest BCUT2D eigenvalue weighted by Gasteiger charge is -2.07. The highest BCUT2D eigenvalue weighted by atomic mass is 32.2. The van der Waals surface area contributed by atoms with Crippen molar-refractivity contribution in [2.24, 2.45) is 0 Å². The van der Waals surface area contributed by atoms with E-state index in [1.807, 2.05) is 13.8 Å². The molecule has 0 aromatic carbocycles. The first-order valence-electron chi connectivity index (χ1n) is 6.39. The molecule has 0 saturated carbocycles. The largest absolute Gasteiger partial charge is 0.312 e. The summed E-state index contributed by atoms with van der Waals surface area (Å²) in [5.74, 6) is 0. The molecule has 2 heterocycles. The molecule has 2 aromatic rings.